The predicted octanol–water partition coefficient (Wildman–Crippen LogP) is -0.654. The van der Waals surface area contributed by atoms with Gasteiger partial charge in [0.15, 0.2) is 0 Å². The summed E-state index contributed by atoms with van der Waals surface area (Å²) in [6.45, 7) is 1.63. The van der Waals surface area contributed by atoms with Crippen LogP contribution in [0.5, 0.6) is 0 Å². The third-order valence-corrected chi connectivity index (χ3v) is 3.62. The first-order valence-corrected chi connectivity index (χ1v) is 7.88. The van der Waals surface area contributed by atoms with Crippen molar-refractivity contribution in [1.82, 2.24) is 15.1 Å². The van der Waals surface area contributed by atoms with Crippen molar-refractivity contribution < 1.29 is 23.1 Å². The standard InChI is InChI=1S/C11H17N3O5S/c1-7-8(6-14(2)13-7)10(15)12-9(11(16)17)4-5-20(3,18)19/h6,9H,4-5H2,1-3H3,(H,12,15)(H,16,17). The number of carbonyl (C=O) groups excluding carboxylic acids is 1. The number of nitrogens with one attached hydrogen (secondary N) is 1. The molecule has 1 unspecified atom stereocenters. The average molecular weight is 303 g/mol. The number of aromatic nitrogens is 2. The second-order valence-corrected chi connectivity index (χ2v) is 6.84. The van der Waals surface area contributed by atoms with Crippen LogP contribution < -0.4 is 5.32 Å². The van der Waals surface area contributed by atoms with Gasteiger partial charge in [-0.25, -0.2) is 13.2 Å². The lowest BCUT2D eigenvalue weighted by Gasteiger charge is -2.13. The molecule has 0 aliphatic rings. The Labute approximate surface area is 116 Å². The van der Waals surface area contributed by atoms with E-state index in [4.69, 9.17) is 5.11 Å². The fourth-order valence-electron chi connectivity index (χ4n) is 1.65. The third kappa shape index (κ3) is 4.65. The molecule has 1 heterocycles. The summed E-state index contributed by atoms with van der Waals surface area (Å²) < 4.78 is 23.5. The van der Waals surface area contributed by atoms with Gasteiger partial charge < -0.3 is 10.4 Å². The topological polar surface area (TPSA) is 118 Å². The number of carboxylic acids is 1. The second-order valence-electron chi connectivity index (χ2n) is 4.58. The largest absolute Gasteiger partial charge is 0.480 e. The Morgan fingerprint density at radius 3 is 2.50 bits per heavy atom. The van der Waals surface area contributed by atoms with Crippen LogP contribution in [-0.2, 0) is 21.7 Å². The van der Waals surface area contributed by atoms with E-state index in [1.54, 1.807) is 14.0 Å². The monoisotopic (exact) mass is 303 g/mol. The van der Waals surface area contributed by atoms with Crippen molar-refractivity contribution in [2.45, 2.75) is 19.4 Å². The summed E-state index contributed by atoms with van der Waals surface area (Å²) in [5, 5.41) is 15.3. The first-order chi connectivity index (χ1) is 9.10. The summed E-state index contributed by atoms with van der Waals surface area (Å²) in [5.41, 5.74) is 0.732. The number of carboxylic acid groups (broad SMARTS) is 1. The maximum Gasteiger partial charge on any atom is 0.326 e. The molecule has 112 valence electrons. The van der Waals surface area contributed by atoms with Crippen LogP contribution in [0.4, 0.5) is 0 Å². The quantitative estimate of drug-likeness (QED) is 0.720. The number of aryl methyl sites for hydroxylation is 2. The molecule has 1 amide bonds. The van der Waals surface area contributed by atoms with Crippen LogP contribution in [0.2, 0.25) is 0 Å². The first-order valence-electron chi connectivity index (χ1n) is 5.82. The smallest absolute Gasteiger partial charge is 0.326 e. The van der Waals surface area contributed by atoms with E-state index in [2.05, 4.69) is 10.4 Å². The fraction of sp³-hybridized carbons (Fsp3) is 0.545. The van der Waals surface area contributed by atoms with Crippen LogP contribution in [0, 0.1) is 6.92 Å². The van der Waals surface area contributed by atoms with E-state index in [1.165, 1.54) is 10.9 Å². The van der Waals surface area contributed by atoms with Crippen molar-refractivity contribution in [3.05, 3.63) is 17.5 Å². The van der Waals surface area contributed by atoms with Crippen LogP contribution in [0.25, 0.3) is 0 Å². The maximum absolute atomic E-state index is 11.9. The lowest BCUT2D eigenvalue weighted by atomic mass is 10.2. The molecule has 0 radical (unpaired) electrons. The molecule has 9 heteroatoms. The Balaban J connectivity index is 2.78. The van der Waals surface area contributed by atoms with Gasteiger partial charge in [0.2, 0.25) is 0 Å². The summed E-state index contributed by atoms with van der Waals surface area (Å²) in [5.74, 6) is -2.17. The molecular weight excluding hydrogens is 286 g/mol. The number of amides is 1. The molecule has 0 aliphatic carbocycles. The number of sulfone groups is 1. The van der Waals surface area contributed by atoms with Gasteiger partial charge >= 0.3 is 5.97 Å². The molecule has 0 saturated carbocycles. The Morgan fingerprint density at radius 2 is 2.10 bits per heavy atom. The zero-order valence-electron chi connectivity index (χ0n) is 11.5. The molecule has 1 aromatic rings. The summed E-state index contributed by atoms with van der Waals surface area (Å²) in [7, 11) is -1.65. The number of rotatable bonds is 6. The van der Waals surface area contributed by atoms with E-state index < -0.39 is 27.8 Å². The van der Waals surface area contributed by atoms with E-state index in [1.807, 2.05) is 0 Å². The SMILES string of the molecule is Cc1nn(C)cc1C(=O)NC(CCS(C)(=O)=O)C(=O)O. The molecule has 0 aromatic carbocycles. The van der Waals surface area contributed by atoms with Gasteiger partial charge in [0.05, 0.1) is 17.0 Å². The molecule has 0 bridgehead atoms. The van der Waals surface area contributed by atoms with Gasteiger partial charge in [0, 0.05) is 19.5 Å². The van der Waals surface area contributed by atoms with Gasteiger partial charge in [-0.15, -0.1) is 0 Å². The normalized spacial score (nSPS) is 12.9. The van der Waals surface area contributed by atoms with Crippen LogP contribution >= 0.6 is 0 Å². The van der Waals surface area contributed by atoms with Crippen molar-refractivity contribution in [1.29, 1.82) is 0 Å². The molecule has 20 heavy (non-hydrogen) atoms. The van der Waals surface area contributed by atoms with Crippen molar-refractivity contribution in [2.75, 3.05) is 12.0 Å². The van der Waals surface area contributed by atoms with E-state index in [0.717, 1.165) is 6.26 Å². The van der Waals surface area contributed by atoms with E-state index in [9.17, 15) is 18.0 Å². The van der Waals surface area contributed by atoms with E-state index in [0.29, 0.717) is 5.69 Å². The van der Waals surface area contributed by atoms with Crippen molar-refractivity contribution in [3.63, 3.8) is 0 Å². The molecular formula is C11H17N3O5S. The summed E-state index contributed by atoms with van der Waals surface area (Å²) in [6, 6.07) is -1.25. The van der Waals surface area contributed by atoms with E-state index >= 15 is 0 Å². The Kier molecular flexibility index (Phi) is 4.88. The van der Waals surface area contributed by atoms with Gasteiger partial charge in [-0.05, 0) is 13.3 Å². The van der Waals surface area contributed by atoms with Crippen molar-refractivity contribution >= 4 is 21.7 Å². The Hall–Kier alpha value is -1.90. The minimum atomic E-state index is -3.29. The first kappa shape index (κ1) is 16.2. The van der Waals surface area contributed by atoms with Gasteiger partial charge in [-0.3, -0.25) is 9.48 Å². The fourth-order valence-corrected chi connectivity index (χ4v) is 2.31. The van der Waals surface area contributed by atoms with Crippen LogP contribution in [0.1, 0.15) is 22.5 Å². The summed E-state index contributed by atoms with van der Waals surface area (Å²) in [4.78, 5) is 23.0. The molecule has 0 aliphatic heterocycles. The number of hydrogen-bond acceptors (Lipinski definition) is 5. The lowest BCUT2D eigenvalue weighted by Crippen LogP contribution is -2.42. The van der Waals surface area contributed by atoms with Crippen LogP contribution in [0.15, 0.2) is 6.20 Å². The highest BCUT2D eigenvalue weighted by Crippen LogP contribution is 2.06. The molecule has 0 saturated heterocycles. The number of aliphatic carboxylic acids is 1. The predicted molar refractivity (Wildman–Crippen MR) is 71.2 cm³/mol. The van der Waals surface area contributed by atoms with Gasteiger partial charge in [-0.2, -0.15) is 5.10 Å². The third-order valence-electron chi connectivity index (χ3n) is 2.64. The Bertz CT molecular complexity index is 620. The molecule has 0 spiro atoms. The molecule has 1 rings (SSSR count). The molecule has 0 fully saturated rings. The maximum atomic E-state index is 11.9. The number of carbonyl (C=O) groups is 2. The highest BCUT2D eigenvalue weighted by molar-refractivity contribution is 7.90. The van der Waals surface area contributed by atoms with Gasteiger partial charge in [-0.1, -0.05) is 0 Å². The van der Waals surface area contributed by atoms with Gasteiger partial charge in [0.25, 0.3) is 5.91 Å². The van der Waals surface area contributed by atoms with Crippen molar-refractivity contribution in [2.24, 2.45) is 7.05 Å². The zero-order chi connectivity index (χ0) is 15.5. The second kappa shape index (κ2) is 6.04. The highest BCUT2D eigenvalue weighted by atomic mass is 32.2. The Morgan fingerprint density at radius 1 is 1.50 bits per heavy atom. The summed E-state index contributed by atoms with van der Waals surface area (Å²) in [6.07, 6.45) is 2.30. The lowest BCUT2D eigenvalue weighted by molar-refractivity contribution is -0.139. The van der Waals surface area contributed by atoms with Crippen molar-refractivity contribution in [3.8, 4) is 0 Å². The summed E-state index contributed by atoms with van der Waals surface area (Å²) >= 11 is 0. The van der Waals surface area contributed by atoms with Gasteiger partial charge in [0.1, 0.15) is 15.9 Å². The number of hydrogen-bond donors (Lipinski definition) is 2. The average Bonchev–Trinajstić information content (AvgIpc) is 2.61. The minimum absolute atomic E-state index is 0.181. The molecule has 8 nitrogen and oxygen atoms in total. The highest BCUT2D eigenvalue weighted by Gasteiger charge is 2.23. The molecule has 1 atom stereocenters. The van der Waals surface area contributed by atoms with Crippen LogP contribution in [-0.4, -0.2) is 53.2 Å². The molecule has 2 N–H and O–H groups in total. The van der Waals surface area contributed by atoms with Crippen LogP contribution in [0.3, 0.4) is 0 Å². The molecule has 1 aromatic heterocycles. The number of nitrogens with zero attached hydrogens (tertiary/aromatic N) is 2. The zero-order valence-corrected chi connectivity index (χ0v) is 12.3. The van der Waals surface area contributed by atoms with E-state index in [-0.39, 0.29) is 17.7 Å². The minimum Gasteiger partial charge on any atom is -0.480 e.